The molecule has 0 saturated carbocycles. The molecule has 1 aromatic carbocycles. The van der Waals surface area contributed by atoms with E-state index in [2.05, 4.69) is 5.16 Å². The normalized spacial score (nSPS) is 10.3. The van der Waals surface area contributed by atoms with Gasteiger partial charge in [0.25, 0.3) is 0 Å². The Kier molecular flexibility index (Phi) is 3.56. The lowest BCUT2D eigenvalue weighted by molar-refractivity contribution is 0.314. The van der Waals surface area contributed by atoms with Gasteiger partial charge in [-0.05, 0) is 25.1 Å². The van der Waals surface area contributed by atoms with E-state index in [9.17, 15) is 0 Å². The second-order valence-electron chi connectivity index (χ2n) is 3.37. The summed E-state index contributed by atoms with van der Waals surface area (Å²) in [7, 11) is 0. The largest absolute Gasteiger partial charge is 0.493 e. The molecule has 0 amide bonds. The maximum atomic E-state index is 5.64. The molecule has 1 aromatic heterocycles. The van der Waals surface area contributed by atoms with Gasteiger partial charge in [0.2, 0.25) is 0 Å². The molecule has 2 N–H and O–H groups in total. The topological polar surface area (TPSA) is 61.3 Å². The molecular weight excluding hydrogens is 204 g/mol. The van der Waals surface area contributed by atoms with Gasteiger partial charge in [-0.25, -0.2) is 0 Å². The predicted octanol–water partition coefficient (Wildman–Crippen LogP) is 2.07. The molecule has 0 aliphatic carbocycles. The Morgan fingerprint density at radius 3 is 2.88 bits per heavy atom. The van der Waals surface area contributed by atoms with E-state index in [1.807, 2.05) is 30.3 Å². The fraction of sp³-hybridized carbons (Fsp3) is 0.250. The van der Waals surface area contributed by atoms with E-state index in [0.717, 1.165) is 23.4 Å². The van der Waals surface area contributed by atoms with Crippen molar-refractivity contribution in [1.29, 1.82) is 0 Å². The number of hydrogen-bond donors (Lipinski definition) is 1. The summed E-state index contributed by atoms with van der Waals surface area (Å²) in [5.74, 6) is 0.810. The van der Waals surface area contributed by atoms with E-state index in [4.69, 9.17) is 15.0 Å². The molecule has 1 heterocycles. The highest BCUT2D eigenvalue weighted by molar-refractivity contribution is 5.66. The lowest BCUT2D eigenvalue weighted by Crippen LogP contribution is -2.06. The van der Waals surface area contributed by atoms with Gasteiger partial charge in [-0.1, -0.05) is 17.3 Å². The van der Waals surface area contributed by atoms with Crippen LogP contribution in [0.15, 0.2) is 41.1 Å². The summed E-state index contributed by atoms with van der Waals surface area (Å²) >= 11 is 0. The van der Waals surface area contributed by atoms with Gasteiger partial charge in [0.05, 0.1) is 6.61 Å². The van der Waals surface area contributed by atoms with Gasteiger partial charge < -0.3 is 15.0 Å². The summed E-state index contributed by atoms with van der Waals surface area (Å²) in [4.78, 5) is 0. The maximum Gasteiger partial charge on any atom is 0.128 e. The average molecular weight is 218 g/mol. The number of nitrogens with two attached hydrogens (primary N) is 1. The Bertz CT molecular complexity index is 426. The minimum absolute atomic E-state index is 0.616. The van der Waals surface area contributed by atoms with Crippen molar-refractivity contribution in [3.05, 3.63) is 36.6 Å². The molecule has 2 rings (SSSR count). The molecule has 2 aromatic rings. The van der Waals surface area contributed by atoms with Crippen LogP contribution in [0.4, 0.5) is 0 Å². The lowest BCUT2D eigenvalue weighted by atomic mass is 10.1. The Morgan fingerprint density at radius 2 is 2.12 bits per heavy atom. The first kappa shape index (κ1) is 10.7. The first-order chi connectivity index (χ1) is 7.92. The molecule has 0 saturated heterocycles. The van der Waals surface area contributed by atoms with Crippen LogP contribution in [0, 0.1) is 0 Å². The number of aromatic nitrogens is 1. The molecule has 0 unspecified atom stereocenters. The van der Waals surface area contributed by atoms with Crippen LogP contribution >= 0.6 is 0 Å². The van der Waals surface area contributed by atoms with Crippen LogP contribution in [-0.4, -0.2) is 18.3 Å². The molecule has 4 heteroatoms. The number of benzene rings is 1. The molecule has 0 bridgehead atoms. The third-order valence-corrected chi connectivity index (χ3v) is 2.21. The molecule has 4 nitrogen and oxygen atoms in total. The summed E-state index contributed by atoms with van der Waals surface area (Å²) in [5.41, 5.74) is 7.14. The third kappa shape index (κ3) is 2.41. The van der Waals surface area contributed by atoms with Crippen LogP contribution in [0.25, 0.3) is 11.3 Å². The Hall–Kier alpha value is -1.81. The summed E-state index contributed by atoms with van der Waals surface area (Å²) < 4.78 is 10.5. The summed E-state index contributed by atoms with van der Waals surface area (Å²) in [6.45, 7) is 1.25. The maximum absolute atomic E-state index is 5.64. The van der Waals surface area contributed by atoms with Crippen LogP contribution < -0.4 is 10.5 Å². The van der Waals surface area contributed by atoms with Gasteiger partial charge >= 0.3 is 0 Å². The smallest absolute Gasteiger partial charge is 0.128 e. The fourth-order valence-electron chi connectivity index (χ4n) is 1.42. The van der Waals surface area contributed by atoms with Crippen LogP contribution in [0.1, 0.15) is 6.42 Å². The summed E-state index contributed by atoms with van der Waals surface area (Å²) in [5, 5.41) is 3.90. The second-order valence-corrected chi connectivity index (χ2v) is 3.37. The molecule has 0 atom stereocenters. The van der Waals surface area contributed by atoms with Crippen molar-refractivity contribution >= 4 is 0 Å². The van der Waals surface area contributed by atoms with E-state index in [-0.39, 0.29) is 0 Å². The van der Waals surface area contributed by atoms with Gasteiger partial charge in [-0.15, -0.1) is 0 Å². The van der Waals surface area contributed by atoms with Gasteiger partial charge in [0.15, 0.2) is 0 Å². The Balaban J connectivity index is 2.18. The van der Waals surface area contributed by atoms with Crippen molar-refractivity contribution in [3.8, 4) is 17.0 Å². The highest BCUT2D eigenvalue weighted by Gasteiger charge is 2.07. The van der Waals surface area contributed by atoms with Gasteiger partial charge in [0.1, 0.15) is 17.7 Å². The van der Waals surface area contributed by atoms with Crippen molar-refractivity contribution in [2.24, 2.45) is 5.73 Å². The van der Waals surface area contributed by atoms with E-state index in [0.29, 0.717) is 13.2 Å². The van der Waals surface area contributed by atoms with Gasteiger partial charge in [0, 0.05) is 11.6 Å². The monoisotopic (exact) mass is 218 g/mol. The lowest BCUT2D eigenvalue weighted by Gasteiger charge is -2.08. The molecule has 84 valence electrons. The summed E-state index contributed by atoms with van der Waals surface area (Å²) in [6, 6.07) is 9.56. The third-order valence-electron chi connectivity index (χ3n) is 2.21. The molecule has 0 fully saturated rings. The van der Waals surface area contributed by atoms with E-state index in [1.54, 1.807) is 6.26 Å². The number of para-hydroxylation sites is 1. The molecule has 0 radical (unpaired) electrons. The standard InChI is InChI=1S/C12H14N2O2/c13-7-3-8-15-12-5-2-1-4-10(12)11-6-9-16-14-11/h1-2,4-6,9H,3,7-8,13H2. The molecular formula is C12H14N2O2. The number of hydrogen-bond acceptors (Lipinski definition) is 4. The van der Waals surface area contributed by atoms with Crippen LogP contribution in [-0.2, 0) is 0 Å². The zero-order chi connectivity index (χ0) is 11.2. The highest BCUT2D eigenvalue weighted by Crippen LogP contribution is 2.28. The van der Waals surface area contributed by atoms with Crippen molar-refractivity contribution < 1.29 is 9.26 Å². The zero-order valence-electron chi connectivity index (χ0n) is 8.93. The average Bonchev–Trinajstić information content (AvgIpc) is 2.83. The van der Waals surface area contributed by atoms with Gasteiger partial charge in [-0.2, -0.15) is 0 Å². The van der Waals surface area contributed by atoms with Crippen molar-refractivity contribution in [1.82, 2.24) is 5.16 Å². The summed E-state index contributed by atoms with van der Waals surface area (Å²) in [6.07, 6.45) is 2.39. The minimum atomic E-state index is 0.616. The minimum Gasteiger partial charge on any atom is -0.493 e. The Labute approximate surface area is 94.0 Å². The van der Waals surface area contributed by atoms with E-state index >= 15 is 0 Å². The first-order valence-electron chi connectivity index (χ1n) is 5.24. The fourth-order valence-corrected chi connectivity index (χ4v) is 1.42. The van der Waals surface area contributed by atoms with Crippen LogP contribution in [0.3, 0.4) is 0 Å². The quantitative estimate of drug-likeness (QED) is 0.780. The predicted molar refractivity (Wildman–Crippen MR) is 61.1 cm³/mol. The van der Waals surface area contributed by atoms with Crippen LogP contribution in [0.2, 0.25) is 0 Å². The number of ether oxygens (including phenoxy) is 1. The van der Waals surface area contributed by atoms with Crippen LogP contribution in [0.5, 0.6) is 5.75 Å². The highest BCUT2D eigenvalue weighted by atomic mass is 16.5. The first-order valence-corrected chi connectivity index (χ1v) is 5.24. The van der Waals surface area contributed by atoms with Crippen molar-refractivity contribution in [2.75, 3.05) is 13.2 Å². The van der Waals surface area contributed by atoms with Gasteiger partial charge in [-0.3, -0.25) is 0 Å². The van der Waals surface area contributed by atoms with Crippen molar-refractivity contribution in [3.63, 3.8) is 0 Å². The molecule has 16 heavy (non-hydrogen) atoms. The molecule has 0 spiro atoms. The molecule has 0 aliphatic rings. The van der Waals surface area contributed by atoms with E-state index < -0.39 is 0 Å². The van der Waals surface area contributed by atoms with E-state index in [1.165, 1.54) is 0 Å². The van der Waals surface area contributed by atoms with Crippen molar-refractivity contribution in [2.45, 2.75) is 6.42 Å². The molecule has 0 aliphatic heterocycles. The second kappa shape index (κ2) is 5.32. The SMILES string of the molecule is NCCCOc1ccccc1-c1ccon1. The number of rotatable bonds is 5. The number of nitrogens with zero attached hydrogens (tertiary/aromatic N) is 1. The Morgan fingerprint density at radius 1 is 1.25 bits per heavy atom. The zero-order valence-corrected chi connectivity index (χ0v) is 8.93.